The van der Waals surface area contributed by atoms with Gasteiger partial charge in [-0.25, -0.2) is 4.79 Å². The van der Waals surface area contributed by atoms with E-state index in [4.69, 9.17) is 25.8 Å². The summed E-state index contributed by atoms with van der Waals surface area (Å²) in [5.74, 6) is 1.10. The molecule has 162 valence electrons. The fourth-order valence-corrected chi connectivity index (χ4v) is 3.84. The Balaban J connectivity index is 1.65. The Kier molecular flexibility index (Phi) is 7.76. The quantitative estimate of drug-likeness (QED) is 0.707. The van der Waals surface area contributed by atoms with Gasteiger partial charge in [-0.1, -0.05) is 11.6 Å². The first kappa shape index (κ1) is 22.2. The predicted molar refractivity (Wildman–Crippen MR) is 116 cm³/mol. The molecular formula is C22H28ClN3O4. The maximum Gasteiger partial charge on any atom is 0.407 e. The minimum atomic E-state index is -0.330. The molecule has 1 aromatic carbocycles. The second kappa shape index (κ2) is 10.5. The second-order valence-electron chi connectivity index (χ2n) is 7.16. The molecule has 1 aliphatic rings. The zero-order valence-electron chi connectivity index (χ0n) is 17.6. The fraction of sp³-hybridized carbons (Fsp3) is 0.455. The third-order valence-corrected chi connectivity index (χ3v) is 5.53. The van der Waals surface area contributed by atoms with E-state index >= 15 is 0 Å². The lowest BCUT2D eigenvalue weighted by atomic mass is 10.0. The number of likely N-dealkylation sites (tertiary alicyclic amines) is 1. The molecule has 0 saturated carbocycles. The highest BCUT2D eigenvalue weighted by Crippen LogP contribution is 2.38. The lowest BCUT2D eigenvalue weighted by molar-refractivity contribution is 0.136. The first-order chi connectivity index (χ1) is 14.5. The molecule has 1 amide bonds. The van der Waals surface area contributed by atoms with Crippen molar-refractivity contribution in [1.29, 1.82) is 0 Å². The number of carbonyl (C=O) groups excluding carboxylic acids is 1. The molecule has 0 bridgehead atoms. The number of aromatic nitrogens is 1. The second-order valence-corrected chi connectivity index (χ2v) is 7.54. The van der Waals surface area contributed by atoms with Gasteiger partial charge in [-0.3, -0.25) is 9.88 Å². The van der Waals surface area contributed by atoms with Gasteiger partial charge in [0.1, 0.15) is 16.5 Å². The van der Waals surface area contributed by atoms with E-state index < -0.39 is 0 Å². The third-order valence-electron chi connectivity index (χ3n) is 5.16. The molecule has 0 aliphatic carbocycles. The highest BCUT2D eigenvalue weighted by molar-refractivity contribution is 6.33. The number of hydrogen-bond acceptors (Lipinski definition) is 6. The maximum atomic E-state index is 11.6. The van der Waals surface area contributed by atoms with Crippen LogP contribution in [-0.2, 0) is 11.3 Å². The van der Waals surface area contributed by atoms with Crippen LogP contribution in [0.1, 0.15) is 25.3 Å². The minimum Gasteiger partial charge on any atom is -0.495 e. The van der Waals surface area contributed by atoms with Crippen LogP contribution in [0.25, 0.3) is 11.3 Å². The molecule has 0 radical (unpaired) electrons. The maximum absolute atomic E-state index is 11.6. The number of methoxy groups -OCH3 is 2. The molecule has 1 fully saturated rings. The van der Waals surface area contributed by atoms with Gasteiger partial charge in [-0.2, -0.15) is 0 Å². The molecule has 8 heteroatoms. The molecule has 1 saturated heterocycles. The molecular weight excluding hydrogens is 406 g/mol. The van der Waals surface area contributed by atoms with Crippen molar-refractivity contribution >= 4 is 17.7 Å². The van der Waals surface area contributed by atoms with Crippen LogP contribution in [-0.4, -0.2) is 55.9 Å². The molecule has 1 aliphatic heterocycles. The Morgan fingerprint density at radius 2 is 1.87 bits per heavy atom. The molecule has 7 nitrogen and oxygen atoms in total. The molecule has 1 aromatic heterocycles. The normalized spacial score (nSPS) is 14.9. The van der Waals surface area contributed by atoms with Crippen LogP contribution < -0.4 is 14.8 Å². The first-order valence-electron chi connectivity index (χ1n) is 10.1. The van der Waals surface area contributed by atoms with Crippen molar-refractivity contribution in [2.75, 3.05) is 33.9 Å². The Bertz CT molecular complexity index is 844. The van der Waals surface area contributed by atoms with Crippen LogP contribution in [0.2, 0.25) is 5.02 Å². The molecule has 3 rings (SSSR count). The van der Waals surface area contributed by atoms with E-state index in [1.165, 1.54) is 5.56 Å². The number of alkyl carbamates (subject to hydrolysis) is 1. The van der Waals surface area contributed by atoms with Gasteiger partial charge in [0.15, 0.2) is 0 Å². The van der Waals surface area contributed by atoms with Gasteiger partial charge in [-0.15, -0.1) is 0 Å². The van der Waals surface area contributed by atoms with Crippen molar-refractivity contribution in [1.82, 2.24) is 15.2 Å². The van der Waals surface area contributed by atoms with Gasteiger partial charge >= 0.3 is 6.09 Å². The van der Waals surface area contributed by atoms with E-state index in [-0.39, 0.29) is 12.1 Å². The Labute approximate surface area is 182 Å². The monoisotopic (exact) mass is 433 g/mol. The van der Waals surface area contributed by atoms with E-state index in [0.717, 1.165) is 43.7 Å². The largest absolute Gasteiger partial charge is 0.495 e. The van der Waals surface area contributed by atoms with Crippen molar-refractivity contribution in [3.63, 3.8) is 0 Å². The van der Waals surface area contributed by atoms with Crippen molar-refractivity contribution in [3.8, 4) is 22.8 Å². The van der Waals surface area contributed by atoms with Crippen LogP contribution in [0.15, 0.2) is 30.5 Å². The van der Waals surface area contributed by atoms with Crippen molar-refractivity contribution in [3.05, 3.63) is 41.0 Å². The average Bonchev–Trinajstić information content (AvgIpc) is 2.75. The molecule has 0 unspecified atom stereocenters. The smallest absolute Gasteiger partial charge is 0.407 e. The molecule has 2 heterocycles. The molecule has 30 heavy (non-hydrogen) atoms. The number of carbonyl (C=O) groups is 1. The van der Waals surface area contributed by atoms with Crippen LogP contribution in [0.3, 0.4) is 0 Å². The summed E-state index contributed by atoms with van der Waals surface area (Å²) >= 11 is 6.28. The molecule has 0 atom stereocenters. The summed E-state index contributed by atoms with van der Waals surface area (Å²) in [4.78, 5) is 18.5. The van der Waals surface area contributed by atoms with Gasteiger partial charge in [0.25, 0.3) is 0 Å². The SMILES string of the molecule is CCOC(=O)NC1CCN(Cc2ccnc(-c3cc(OC)c(Cl)c(OC)c3)c2)CC1. The van der Waals surface area contributed by atoms with E-state index in [2.05, 4.69) is 21.3 Å². The lowest BCUT2D eigenvalue weighted by Gasteiger charge is -2.32. The zero-order chi connectivity index (χ0) is 21.5. The Morgan fingerprint density at radius 1 is 1.20 bits per heavy atom. The van der Waals surface area contributed by atoms with E-state index in [9.17, 15) is 4.79 Å². The van der Waals surface area contributed by atoms with E-state index in [1.54, 1.807) is 21.1 Å². The number of pyridine rings is 1. The predicted octanol–water partition coefficient (Wildman–Crippen LogP) is 4.13. The average molecular weight is 434 g/mol. The van der Waals surface area contributed by atoms with Crippen molar-refractivity contribution < 1.29 is 19.0 Å². The topological polar surface area (TPSA) is 72.9 Å². The number of piperidine rings is 1. The van der Waals surface area contributed by atoms with Gasteiger partial charge in [0.05, 0.1) is 26.5 Å². The van der Waals surface area contributed by atoms with Crippen LogP contribution >= 0.6 is 11.6 Å². The van der Waals surface area contributed by atoms with Gasteiger partial charge in [-0.05, 0) is 49.6 Å². The Morgan fingerprint density at radius 3 is 2.47 bits per heavy atom. The summed E-state index contributed by atoms with van der Waals surface area (Å²) in [7, 11) is 3.16. The highest BCUT2D eigenvalue weighted by atomic mass is 35.5. The summed E-state index contributed by atoms with van der Waals surface area (Å²) in [6.45, 7) is 4.85. The Hall–Kier alpha value is -2.51. The molecule has 1 N–H and O–H groups in total. The number of amides is 1. The van der Waals surface area contributed by atoms with Crippen molar-refractivity contribution in [2.45, 2.75) is 32.4 Å². The summed E-state index contributed by atoms with van der Waals surface area (Å²) < 4.78 is 15.7. The number of rotatable bonds is 7. The fourth-order valence-electron chi connectivity index (χ4n) is 3.58. The van der Waals surface area contributed by atoms with E-state index in [0.29, 0.717) is 23.1 Å². The first-order valence-corrected chi connectivity index (χ1v) is 10.4. The van der Waals surface area contributed by atoms with Gasteiger partial charge in [0.2, 0.25) is 0 Å². The summed E-state index contributed by atoms with van der Waals surface area (Å²) in [6.07, 6.45) is 3.29. The summed E-state index contributed by atoms with van der Waals surface area (Å²) in [5, 5.41) is 3.37. The standard InChI is InChI=1S/C22H28ClN3O4/c1-4-30-22(27)25-17-6-9-26(10-7-17)14-15-5-8-24-18(11-15)16-12-19(28-2)21(23)20(13-16)29-3/h5,8,11-13,17H,4,6-7,9-10,14H2,1-3H3,(H,25,27). The van der Waals surface area contributed by atoms with Crippen LogP contribution in [0.5, 0.6) is 11.5 Å². The zero-order valence-corrected chi connectivity index (χ0v) is 18.4. The van der Waals surface area contributed by atoms with E-state index in [1.807, 2.05) is 24.4 Å². The van der Waals surface area contributed by atoms with Crippen LogP contribution in [0, 0.1) is 0 Å². The number of nitrogens with zero attached hydrogens (tertiary/aromatic N) is 2. The van der Waals surface area contributed by atoms with Gasteiger partial charge < -0.3 is 19.5 Å². The molecule has 2 aromatic rings. The highest BCUT2D eigenvalue weighted by Gasteiger charge is 2.21. The number of hydrogen-bond donors (Lipinski definition) is 1. The number of ether oxygens (including phenoxy) is 3. The number of nitrogens with one attached hydrogen (secondary N) is 1. The lowest BCUT2D eigenvalue weighted by Crippen LogP contribution is -2.44. The van der Waals surface area contributed by atoms with Crippen LogP contribution in [0.4, 0.5) is 4.79 Å². The van der Waals surface area contributed by atoms with Gasteiger partial charge in [0, 0.05) is 37.4 Å². The van der Waals surface area contributed by atoms with Crippen molar-refractivity contribution in [2.24, 2.45) is 0 Å². The third kappa shape index (κ3) is 5.55. The summed E-state index contributed by atoms with van der Waals surface area (Å²) in [5.41, 5.74) is 2.89. The molecule has 0 spiro atoms. The number of benzene rings is 1. The minimum absolute atomic E-state index is 0.169. The summed E-state index contributed by atoms with van der Waals surface area (Å²) in [6, 6.07) is 8.00. The number of halogens is 1.